The first-order valence-electron chi connectivity index (χ1n) is 9.81. The van der Waals surface area contributed by atoms with Gasteiger partial charge < -0.3 is 9.84 Å². The number of hydrogen-bond acceptors (Lipinski definition) is 4. The lowest BCUT2D eigenvalue weighted by Gasteiger charge is -2.13. The van der Waals surface area contributed by atoms with Crippen molar-refractivity contribution in [2.75, 3.05) is 6.61 Å². The van der Waals surface area contributed by atoms with Gasteiger partial charge in [0.2, 0.25) is 9.84 Å². The van der Waals surface area contributed by atoms with Crippen LogP contribution in [0, 0.1) is 0 Å². The standard InChI is InChI=1S/C22H30O4S/c1-2-3-4-5-6-7-8-12-17-26-21-18-19(23)15-16-22(21)27(24,25)20-13-10-9-11-14-20/h9-11,13-16,18,23H,2-8,12,17H2,1H3. The highest BCUT2D eigenvalue weighted by Gasteiger charge is 2.22. The predicted octanol–water partition coefficient (Wildman–Crippen LogP) is 5.74. The first kappa shape index (κ1) is 21.3. The number of aromatic hydroxyl groups is 1. The molecule has 27 heavy (non-hydrogen) atoms. The van der Waals surface area contributed by atoms with Crippen LogP contribution in [0.1, 0.15) is 58.3 Å². The molecule has 0 unspecified atom stereocenters. The van der Waals surface area contributed by atoms with E-state index in [2.05, 4.69) is 6.92 Å². The van der Waals surface area contributed by atoms with Crippen molar-refractivity contribution >= 4 is 9.84 Å². The summed E-state index contributed by atoms with van der Waals surface area (Å²) in [6.45, 7) is 2.65. The minimum atomic E-state index is -3.68. The number of sulfone groups is 1. The molecule has 0 amide bonds. The Bertz CT molecular complexity index is 785. The molecule has 0 aliphatic rings. The maximum absolute atomic E-state index is 12.9. The van der Waals surface area contributed by atoms with E-state index in [-0.39, 0.29) is 21.3 Å². The second-order valence-corrected chi connectivity index (χ2v) is 8.69. The Kier molecular flexibility index (Phi) is 8.65. The number of ether oxygens (including phenoxy) is 1. The Hall–Kier alpha value is -2.01. The summed E-state index contributed by atoms with van der Waals surface area (Å²) in [6, 6.07) is 12.4. The first-order chi connectivity index (χ1) is 13.1. The molecule has 4 nitrogen and oxygen atoms in total. The van der Waals surface area contributed by atoms with Crippen molar-refractivity contribution in [2.24, 2.45) is 0 Å². The summed E-state index contributed by atoms with van der Waals surface area (Å²) >= 11 is 0. The van der Waals surface area contributed by atoms with Gasteiger partial charge in [-0.3, -0.25) is 0 Å². The summed E-state index contributed by atoms with van der Waals surface area (Å²) in [6.07, 6.45) is 9.48. The van der Waals surface area contributed by atoms with Gasteiger partial charge in [-0.1, -0.05) is 70.1 Å². The van der Waals surface area contributed by atoms with E-state index in [0.29, 0.717) is 6.61 Å². The normalized spacial score (nSPS) is 11.4. The minimum absolute atomic E-state index is 0.00654. The summed E-state index contributed by atoms with van der Waals surface area (Å²) in [4.78, 5) is 0.304. The maximum Gasteiger partial charge on any atom is 0.210 e. The van der Waals surface area contributed by atoms with Gasteiger partial charge in [-0.25, -0.2) is 8.42 Å². The third-order valence-electron chi connectivity index (χ3n) is 4.53. The summed E-state index contributed by atoms with van der Waals surface area (Å²) in [5.74, 6) is 0.203. The van der Waals surface area contributed by atoms with Crippen LogP contribution < -0.4 is 4.74 Å². The van der Waals surface area contributed by atoms with Crippen LogP contribution in [0.25, 0.3) is 0 Å². The Balaban J connectivity index is 1.93. The fourth-order valence-electron chi connectivity index (χ4n) is 2.98. The monoisotopic (exact) mass is 390 g/mol. The lowest BCUT2D eigenvalue weighted by molar-refractivity contribution is 0.295. The first-order valence-corrected chi connectivity index (χ1v) is 11.3. The molecule has 0 spiro atoms. The van der Waals surface area contributed by atoms with Crippen molar-refractivity contribution in [3.63, 3.8) is 0 Å². The van der Waals surface area contributed by atoms with Crippen LogP contribution in [0.15, 0.2) is 58.3 Å². The van der Waals surface area contributed by atoms with Crippen molar-refractivity contribution < 1.29 is 18.3 Å². The summed E-state index contributed by atoms with van der Waals surface area (Å²) in [5, 5.41) is 9.74. The molecule has 148 valence electrons. The van der Waals surface area contributed by atoms with Gasteiger partial charge in [-0.05, 0) is 30.7 Å². The zero-order chi connectivity index (χ0) is 19.5. The molecule has 0 atom stereocenters. The second kappa shape index (κ2) is 11.0. The van der Waals surface area contributed by atoms with Crippen molar-refractivity contribution in [3.8, 4) is 11.5 Å². The van der Waals surface area contributed by atoms with E-state index in [1.165, 1.54) is 56.7 Å². The van der Waals surface area contributed by atoms with Crippen LogP contribution in [0.3, 0.4) is 0 Å². The number of phenols is 1. The van der Waals surface area contributed by atoms with E-state index < -0.39 is 9.84 Å². The number of hydrogen-bond donors (Lipinski definition) is 1. The lowest BCUT2D eigenvalue weighted by atomic mass is 10.1. The van der Waals surface area contributed by atoms with E-state index in [9.17, 15) is 13.5 Å². The molecule has 0 aliphatic carbocycles. The molecular weight excluding hydrogens is 360 g/mol. The van der Waals surface area contributed by atoms with Gasteiger partial charge in [0.05, 0.1) is 11.5 Å². The van der Waals surface area contributed by atoms with Gasteiger partial charge in [0.25, 0.3) is 0 Å². The van der Waals surface area contributed by atoms with E-state index in [0.717, 1.165) is 12.8 Å². The molecule has 2 rings (SSSR count). The maximum atomic E-state index is 12.9. The largest absolute Gasteiger partial charge is 0.508 e. The molecule has 0 bridgehead atoms. The van der Waals surface area contributed by atoms with E-state index in [1.54, 1.807) is 30.3 Å². The molecule has 0 radical (unpaired) electrons. The van der Waals surface area contributed by atoms with Crippen LogP contribution in [0.4, 0.5) is 0 Å². The molecule has 0 saturated carbocycles. The van der Waals surface area contributed by atoms with Crippen LogP contribution in [-0.4, -0.2) is 20.1 Å². The van der Waals surface area contributed by atoms with Crippen molar-refractivity contribution in [2.45, 2.75) is 68.1 Å². The molecule has 2 aromatic rings. The smallest absolute Gasteiger partial charge is 0.210 e. The van der Waals surface area contributed by atoms with Crippen molar-refractivity contribution in [1.29, 1.82) is 0 Å². The Labute approximate surface area is 163 Å². The third-order valence-corrected chi connectivity index (χ3v) is 6.33. The molecule has 5 heteroatoms. The molecule has 1 N–H and O–H groups in total. The molecule has 0 fully saturated rings. The van der Waals surface area contributed by atoms with Gasteiger partial charge in [0, 0.05) is 6.07 Å². The number of unbranched alkanes of at least 4 members (excludes halogenated alkanes) is 7. The molecule has 2 aromatic carbocycles. The van der Waals surface area contributed by atoms with E-state index in [1.807, 2.05) is 0 Å². The van der Waals surface area contributed by atoms with Crippen LogP contribution in [0.5, 0.6) is 11.5 Å². The summed E-state index contributed by atoms with van der Waals surface area (Å²) in [7, 11) is -3.68. The molecule has 0 aliphatic heterocycles. The lowest BCUT2D eigenvalue weighted by Crippen LogP contribution is -2.06. The van der Waals surface area contributed by atoms with Crippen LogP contribution in [0.2, 0.25) is 0 Å². The quantitative estimate of drug-likeness (QED) is 0.469. The van der Waals surface area contributed by atoms with Crippen molar-refractivity contribution in [3.05, 3.63) is 48.5 Å². The second-order valence-electron chi connectivity index (χ2n) is 6.77. The van der Waals surface area contributed by atoms with Gasteiger partial charge in [0.1, 0.15) is 16.4 Å². The molecular formula is C22H30O4S. The third kappa shape index (κ3) is 6.58. The average molecular weight is 391 g/mol. The van der Waals surface area contributed by atoms with Gasteiger partial charge in [-0.2, -0.15) is 0 Å². The highest BCUT2D eigenvalue weighted by atomic mass is 32.2. The molecule has 0 aromatic heterocycles. The average Bonchev–Trinajstić information content (AvgIpc) is 2.67. The minimum Gasteiger partial charge on any atom is -0.508 e. The van der Waals surface area contributed by atoms with Crippen LogP contribution in [-0.2, 0) is 9.84 Å². The van der Waals surface area contributed by atoms with Gasteiger partial charge >= 0.3 is 0 Å². The number of benzene rings is 2. The van der Waals surface area contributed by atoms with E-state index in [4.69, 9.17) is 4.74 Å². The fraction of sp³-hybridized carbons (Fsp3) is 0.455. The summed E-state index contributed by atoms with van der Waals surface area (Å²) in [5.41, 5.74) is 0. The SMILES string of the molecule is CCCCCCCCCCOc1cc(O)ccc1S(=O)(=O)c1ccccc1. The highest BCUT2D eigenvalue weighted by Crippen LogP contribution is 2.32. The highest BCUT2D eigenvalue weighted by molar-refractivity contribution is 7.91. The van der Waals surface area contributed by atoms with Crippen molar-refractivity contribution in [1.82, 2.24) is 0 Å². The zero-order valence-electron chi connectivity index (χ0n) is 16.1. The molecule has 0 saturated heterocycles. The van der Waals surface area contributed by atoms with Gasteiger partial charge in [0.15, 0.2) is 0 Å². The number of phenolic OH excluding ortho intramolecular Hbond substituents is 1. The Morgan fingerprint density at radius 2 is 1.48 bits per heavy atom. The molecule has 0 heterocycles. The topological polar surface area (TPSA) is 63.6 Å². The van der Waals surface area contributed by atoms with E-state index >= 15 is 0 Å². The predicted molar refractivity (Wildman–Crippen MR) is 108 cm³/mol. The number of rotatable bonds is 12. The Morgan fingerprint density at radius 3 is 2.15 bits per heavy atom. The van der Waals surface area contributed by atoms with Gasteiger partial charge in [-0.15, -0.1) is 0 Å². The fourth-order valence-corrected chi connectivity index (χ4v) is 4.38. The van der Waals surface area contributed by atoms with Crippen LogP contribution >= 0.6 is 0 Å². The zero-order valence-corrected chi connectivity index (χ0v) is 16.9. The summed E-state index contributed by atoms with van der Waals surface area (Å²) < 4.78 is 31.5. The Morgan fingerprint density at radius 1 is 0.852 bits per heavy atom.